The van der Waals surface area contributed by atoms with Gasteiger partial charge in [-0.3, -0.25) is 4.90 Å². The molecule has 4 atom stereocenters. The lowest BCUT2D eigenvalue weighted by molar-refractivity contribution is 0.107. The summed E-state index contributed by atoms with van der Waals surface area (Å²) < 4.78 is 43.6. The number of ether oxygens (including phenoxy) is 2. The zero-order valence-electron chi connectivity index (χ0n) is 25.7. The summed E-state index contributed by atoms with van der Waals surface area (Å²) in [5.41, 5.74) is 1.83. The van der Waals surface area contributed by atoms with E-state index in [2.05, 4.69) is 28.1 Å². The quantitative estimate of drug-likeness (QED) is 0.243. The van der Waals surface area contributed by atoms with Crippen LogP contribution in [0.2, 0.25) is 5.02 Å². The maximum Gasteiger partial charge on any atom is 0.319 e. The maximum absolute atomic E-state index is 17.2. The summed E-state index contributed by atoms with van der Waals surface area (Å²) in [6, 6.07) is 12.5. The second-order valence-electron chi connectivity index (χ2n) is 13.2. The third-order valence-electron chi connectivity index (χ3n) is 10.5. The van der Waals surface area contributed by atoms with Crippen molar-refractivity contribution in [3.8, 4) is 22.9 Å². The largest absolute Gasteiger partial charge is 0.497 e. The molecule has 8 rings (SSSR count). The predicted molar refractivity (Wildman–Crippen MR) is 174 cm³/mol. The van der Waals surface area contributed by atoms with E-state index in [0.29, 0.717) is 47.6 Å². The topological polar surface area (TPSA) is 62.8 Å². The Morgan fingerprint density at radius 3 is 2.71 bits per heavy atom. The van der Waals surface area contributed by atoms with Gasteiger partial charge in [0.1, 0.15) is 29.9 Å². The van der Waals surface area contributed by atoms with E-state index < -0.39 is 12.0 Å². The van der Waals surface area contributed by atoms with Crippen molar-refractivity contribution in [1.82, 2.24) is 20.2 Å². The molecule has 2 bridgehead atoms. The first kappa shape index (κ1) is 29.2. The molecule has 4 aliphatic heterocycles. The lowest BCUT2D eigenvalue weighted by Gasteiger charge is -2.34. The Morgan fingerprint density at radius 1 is 1.11 bits per heavy atom. The molecule has 3 aromatic carbocycles. The fourth-order valence-electron chi connectivity index (χ4n) is 8.42. The van der Waals surface area contributed by atoms with Crippen LogP contribution in [0, 0.1) is 5.82 Å². The van der Waals surface area contributed by atoms with E-state index in [9.17, 15) is 4.39 Å². The molecule has 236 valence electrons. The standard InChI is InChI=1S/C35H38ClF2N5O2/c1-3-20-6-4-7-21-12-25(44-2)13-26(29(20)21)30-28(36)14-27-32(31(30)38)40-34(41-33(27)42-17-23-8-9-24(18-42)39-23)45-19-35-10-5-11-43(35)16-22(37)15-35/h4,6-7,12-14,22-24,39H,3,5,8-11,15-19H2,1-2H3/t22-,23?,24?,35+/m1/s1. The van der Waals surface area contributed by atoms with Crippen molar-refractivity contribution in [2.45, 2.75) is 69.2 Å². The molecule has 5 heterocycles. The summed E-state index contributed by atoms with van der Waals surface area (Å²) in [6.45, 7) is 5.16. The van der Waals surface area contributed by atoms with Gasteiger partial charge in [0.25, 0.3) is 0 Å². The molecular formula is C35H38ClF2N5O2. The normalized spacial score (nSPS) is 26.2. The number of benzene rings is 3. The first-order valence-corrected chi connectivity index (χ1v) is 16.6. The third-order valence-corrected chi connectivity index (χ3v) is 10.8. The van der Waals surface area contributed by atoms with Gasteiger partial charge in [-0.25, -0.2) is 8.78 Å². The number of aromatic nitrogens is 2. The molecule has 4 aliphatic rings. The number of nitrogens with one attached hydrogen (secondary N) is 1. The van der Waals surface area contributed by atoms with Crippen LogP contribution < -0.4 is 19.7 Å². The summed E-state index contributed by atoms with van der Waals surface area (Å²) in [5.74, 6) is 0.726. The Bertz CT molecular complexity index is 1790. The van der Waals surface area contributed by atoms with Crippen LogP contribution in [-0.4, -0.2) is 78.6 Å². The fourth-order valence-corrected chi connectivity index (χ4v) is 8.71. The van der Waals surface area contributed by atoms with E-state index in [1.165, 1.54) is 0 Å². The maximum atomic E-state index is 17.2. The SMILES string of the molecule is CCc1cccc2cc(OC)cc(-c3c(Cl)cc4c(N5CC6CCC(C5)N6)nc(OC[C@@]56CCCN5C[C@H](F)C6)nc4c3F)c12. The van der Waals surface area contributed by atoms with Gasteiger partial charge < -0.3 is 19.7 Å². The highest BCUT2D eigenvalue weighted by Gasteiger charge is 2.49. The Balaban J connectivity index is 1.29. The van der Waals surface area contributed by atoms with E-state index in [4.69, 9.17) is 31.0 Å². The molecular weight excluding hydrogens is 596 g/mol. The molecule has 7 nitrogen and oxygen atoms in total. The number of aryl methyl sites for hydroxylation is 1. The van der Waals surface area contributed by atoms with E-state index in [-0.39, 0.29) is 34.3 Å². The highest BCUT2D eigenvalue weighted by molar-refractivity contribution is 6.35. The van der Waals surface area contributed by atoms with Gasteiger partial charge in [0.15, 0.2) is 5.82 Å². The van der Waals surface area contributed by atoms with Gasteiger partial charge >= 0.3 is 6.01 Å². The second-order valence-corrected chi connectivity index (χ2v) is 13.6. The van der Waals surface area contributed by atoms with Crippen molar-refractivity contribution < 1.29 is 18.3 Å². The number of hydrogen-bond acceptors (Lipinski definition) is 7. The number of piperazine rings is 1. The molecule has 0 saturated carbocycles. The Morgan fingerprint density at radius 2 is 1.93 bits per heavy atom. The first-order chi connectivity index (χ1) is 21.9. The number of rotatable bonds is 7. The number of alkyl halides is 1. The van der Waals surface area contributed by atoms with E-state index in [0.717, 1.165) is 68.1 Å². The molecule has 10 heteroatoms. The minimum Gasteiger partial charge on any atom is -0.497 e. The van der Waals surface area contributed by atoms with Crippen molar-refractivity contribution in [3.63, 3.8) is 0 Å². The first-order valence-electron chi connectivity index (χ1n) is 16.2. The van der Waals surface area contributed by atoms with Crippen LogP contribution in [0.3, 0.4) is 0 Å². The van der Waals surface area contributed by atoms with Crippen molar-refractivity contribution in [2.75, 3.05) is 44.8 Å². The molecule has 45 heavy (non-hydrogen) atoms. The van der Waals surface area contributed by atoms with Crippen LogP contribution in [0.5, 0.6) is 11.8 Å². The average molecular weight is 634 g/mol. The predicted octanol–water partition coefficient (Wildman–Crippen LogP) is 6.71. The summed E-state index contributed by atoms with van der Waals surface area (Å²) in [7, 11) is 1.61. The molecule has 4 saturated heterocycles. The van der Waals surface area contributed by atoms with E-state index in [1.807, 2.05) is 24.3 Å². The monoisotopic (exact) mass is 633 g/mol. The average Bonchev–Trinajstić information content (AvgIpc) is 3.69. The molecule has 4 aromatic rings. The van der Waals surface area contributed by atoms with Crippen LogP contribution in [0.4, 0.5) is 14.6 Å². The summed E-state index contributed by atoms with van der Waals surface area (Å²) >= 11 is 7.04. The number of nitrogens with zero attached hydrogens (tertiary/aromatic N) is 4. The van der Waals surface area contributed by atoms with Gasteiger partial charge in [0, 0.05) is 49.1 Å². The molecule has 4 fully saturated rings. The van der Waals surface area contributed by atoms with Crippen molar-refractivity contribution in [1.29, 1.82) is 0 Å². The van der Waals surface area contributed by atoms with Gasteiger partial charge in [-0.2, -0.15) is 9.97 Å². The fraction of sp³-hybridized carbons (Fsp3) is 0.486. The van der Waals surface area contributed by atoms with E-state index in [1.54, 1.807) is 13.2 Å². The number of hydrogen-bond donors (Lipinski definition) is 1. The smallest absolute Gasteiger partial charge is 0.319 e. The zero-order valence-corrected chi connectivity index (χ0v) is 26.5. The van der Waals surface area contributed by atoms with Crippen LogP contribution in [0.15, 0.2) is 36.4 Å². The number of halogens is 3. The van der Waals surface area contributed by atoms with Crippen molar-refractivity contribution >= 4 is 39.1 Å². The number of anilines is 1. The minimum atomic E-state index is -0.869. The second kappa shape index (κ2) is 11.2. The molecule has 2 unspecified atom stereocenters. The van der Waals surface area contributed by atoms with Crippen LogP contribution in [0.1, 0.15) is 44.6 Å². The highest BCUT2D eigenvalue weighted by atomic mass is 35.5. The van der Waals surface area contributed by atoms with Crippen LogP contribution in [-0.2, 0) is 6.42 Å². The number of methoxy groups -OCH3 is 1. The Kier molecular flexibility index (Phi) is 7.26. The molecule has 0 aliphatic carbocycles. The van der Waals surface area contributed by atoms with Crippen LogP contribution >= 0.6 is 11.6 Å². The van der Waals surface area contributed by atoms with Crippen LogP contribution in [0.25, 0.3) is 32.8 Å². The summed E-state index contributed by atoms with van der Waals surface area (Å²) in [6.07, 6.45) is 4.41. The van der Waals surface area contributed by atoms with Gasteiger partial charge in [0.05, 0.1) is 17.7 Å². The van der Waals surface area contributed by atoms with Gasteiger partial charge in [-0.05, 0) is 78.7 Å². The number of fused-ring (bicyclic) bond motifs is 5. The molecule has 0 radical (unpaired) electrons. The lowest BCUT2D eigenvalue weighted by atomic mass is 9.92. The molecule has 1 N–H and O–H groups in total. The molecule has 0 amide bonds. The van der Waals surface area contributed by atoms with Crippen molar-refractivity contribution in [2.24, 2.45) is 0 Å². The highest BCUT2D eigenvalue weighted by Crippen LogP contribution is 2.45. The van der Waals surface area contributed by atoms with Gasteiger partial charge in [-0.1, -0.05) is 36.7 Å². The minimum absolute atomic E-state index is 0.115. The zero-order chi connectivity index (χ0) is 30.9. The van der Waals surface area contributed by atoms with Gasteiger partial charge in [-0.15, -0.1) is 0 Å². The summed E-state index contributed by atoms with van der Waals surface area (Å²) in [4.78, 5) is 14.0. The molecule has 1 aromatic heterocycles. The van der Waals surface area contributed by atoms with E-state index >= 15 is 4.39 Å². The summed E-state index contributed by atoms with van der Waals surface area (Å²) in [5, 5.41) is 6.40. The van der Waals surface area contributed by atoms with Gasteiger partial charge in [0.2, 0.25) is 0 Å². The Hall–Kier alpha value is -3.27. The molecule has 0 spiro atoms. The van der Waals surface area contributed by atoms with Crippen molar-refractivity contribution in [3.05, 3.63) is 52.8 Å². The Labute approximate surface area is 266 Å². The lowest BCUT2D eigenvalue weighted by Crippen LogP contribution is -2.51. The third kappa shape index (κ3) is 4.89.